The van der Waals surface area contributed by atoms with Crippen molar-refractivity contribution >= 4 is 10.2 Å². The third kappa shape index (κ3) is 4.96. The molecule has 0 aliphatic carbocycles. The SMILES string of the molecule is CCCNCCCN(C)S(=O)(=O)N1CC(C)OCC1C. The Morgan fingerprint density at radius 2 is 2.05 bits per heavy atom. The maximum Gasteiger partial charge on any atom is 0.282 e. The number of morpholine rings is 1. The van der Waals surface area contributed by atoms with Gasteiger partial charge in [0.05, 0.1) is 12.7 Å². The van der Waals surface area contributed by atoms with E-state index in [1.165, 1.54) is 4.31 Å². The Balaban J connectivity index is 2.49. The largest absolute Gasteiger partial charge is 0.375 e. The summed E-state index contributed by atoms with van der Waals surface area (Å²) in [6, 6.07) is -0.100. The van der Waals surface area contributed by atoms with Gasteiger partial charge in [-0.2, -0.15) is 17.0 Å². The van der Waals surface area contributed by atoms with Crippen molar-refractivity contribution in [2.24, 2.45) is 0 Å². The molecule has 0 aromatic heterocycles. The molecule has 1 saturated heterocycles. The molecule has 20 heavy (non-hydrogen) atoms. The molecule has 1 fully saturated rings. The third-order valence-electron chi connectivity index (χ3n) is 3.49. The fourth-order valence-electron chi connectivity index (χ4n) is 2.22. The van der Waals surface area contributed by atoms with Crippen LogP contribution in [0.3, 0.4) is 0 Å². The highest BCUT2D eigenvalue weighted by atomic mass is 32.2. The van der Waals surface area contributed by atoms with Gasteiger partial charge in [0.2, 0.25) is 0 Å². The Hall–Kier alpha value is -0.210. The number of hydrogen-bond donors (Lipinski definition) is 1. The Labute approximate surface area is 123 Å². The molecule has 0 saturated carbocycles. The van der Waals surface area contributed by atoms with Gasteiger partial charge in [-0.1, -0.05) is 6.92 Å². The molecule has 0 bridgehead atoms. The molecule has 1 heterocycles. The summed E-state index contributed by atoms with van der Waals surface area (Å²) in [4.78, 5) is 0. The second kappa shape index (κ2) is 8.29. The molecule has 6 nitrogen and oxygen atoms in total. The van der Waals surface area contributed by atoms with Crippen LogP contribution in [0.2, 0.25) is 0 Å². The van der Waals surface area contributed by atoms with Crippen molar-refractivity contribution in [3.8, 4) is 0 Å². The molecule has 0 amide bonds. The Kier molecular flexibility index (Phi) is 7.39. The average Bonchev–Trinajstić information content (AvgIpc) is 2.40. The van der Waals surface area contributed by atoms with Crippen LogP contribution in [0.5, 0.6) is 0 Å². The monoisotopic (exact) mass is 307 g/mol. The number of ether oxygens (including phenoxy) is 1. The Morgan fingerprint density at radius 3 is 2.70 bits per heavy atom. The molecule has 0 radical (unpaired) electrons. The van der Waals surface area contributed by atoms with E-state index in [4.69, 9.17) is 4.74 Å². The van der Waals surface area contributed by atoms with Crippen LogP contribution in [0.25, 0.3) is 0 Å². The molecule has 2 atom stereocenters. The lowest BCUT2D eigenvalue weighted by atomic mass is 10.2. The van der Waals surface area contributed by atoms with Crippen molar-refractivity contribution < 1.29 is 13.2 Å². The fourth-order valence-corrected chi connectivity index (χ4v) is 3.85. The first-order valence-corrected chi connectivity index (χ1v) is 8.84. The zero-order chi connectivity index (χ0) is 15.2. The van der Waals surface area contributed by atoms with Gasteiger partial charge < -0.3 is 10.1 Å². The van der Waals surface area contributed by atoms with E-state index >= 15 is 0 Å². The summed E-state index contributed by atoms with van der Waals surface area (Å²) in [6.45, 7) is 9.18. The number of hydrogen-bond acceptors (Lipinski definition) is 4. The predicted molar refractivity (Wildman–Crippen MR) is 80.9 cm³/mol. The highest BCUT2D eigenvalue weighted by molar-refractivity contribution is 7.86. The van der Waals surface area contributed by atoms with Gasteiger partial charge in [0.1, 0.15) is 0 Å². The second-order valence-electron chi connectivity index (χ2n) is 5.50. The van der Waals surface area contributed by atoms with E-state index in [9.17, 15) is 8.42 Å². The van der Waals surface area contributed by atoms with Crippen LogP contribution in [0.4, 0.5) is 0 Å². The molecule has 1 rings (SSSR count). The summed E-state index contributed by atoms with van der Waals surface area (Å²) in [5.74, 6) is 0. The molecule has 2 unspecified atom stereocenters. The van der Waals surface area contributed by atoms with E-state index < -0.39 is 10.2 Å². The first-order valence-electron chi connectivity index (χ1n) is 7.45. The molecule has 120 valence electrons. The van der Waals surface area contributed by atoms with Crippen molar-refractivity contribution in [1.82, 2.24) is 13.9 Å². The molecule has 7 heteroatoms. The maximum atomic E-state index is 12.5. The van der Waals surface area contributed by atoms with Crippen LogP contribution in [-0.2, 0) is 14.9 Å². The summed E-state index contributed by atoms with van der Waals surface area (Å²) in [6.07, 6.45) is 1.88. The summed E-state index contributed by atoms with van der Waals surface area (Å²) in [5.41, 5.74) is 0. The van der Waals surface area contributed by atoms with Gasteiger partial charge in [-0.25, -0.2) is 0 Å². The fraction of sp³-hybridized carbons (Fsp3) is 1.00. The van der Waals surface area contributed by atoms with Crippen LogP contribution in [-0.4, -0.2) is 69.0 Å². The van der Waals surface area contributed by atoms with Crippen LogP contribution in [0, 0.1) is 0 Å². The van der Waals surface area contributed by atoms with E-state index in [0.29, 0.717) is 19.7 Å². The smallest absolute Gasteiger partial charge is 0.282 e. The Morgan fingerprint density at radius 1 is 1.35 bits per heavy atom. The van der Waals surface area contributed by atoms with Gasteiger partial charge in [-0.3, -0.25) is 0 Å². The lowest BCUT2D eigenvalue weighted by Crippen LogP contribution is -2.54. The van der Waals surface area contributed by atoms with Gasteiger partial charge in [0.15, 0.2) is 0 Å². The van der Waals surface area contributed by atoms with Crippen LogP contribution in [0.1, 0.15) is 33.6 Å². The molecule has 1 aliphatic heterocycles. The first kappa shape index (κ1) is 17.8. The molecule has 0 aromatic carbocycles. The van der Waals surface area contributed by atoms with E-state index in [0.717, 1.165) is 25.9 Å². The van der Waals surface area contributed by atoms with E-state index in [-0.39, 0.29) is 12.1 Å². The summed E-state index contributed by atoms with van der Waals surface area (Å²) in [7, 11) is -1.72. The lowest BCUT2D eigenvalue weighted by Gasteiger charge is -2.37. The van der Waals surface area contributed by atoms with E-state index in [1.807, 2.05) is 13.8 Å². The van der Waals surface area contributed by atoms with Crippen LogP contribution in [0.15, 0.2) is 0 Å². The van der Waals surface area contributed by atoms with Crippen LogP contribution < -0.4 is 5.32 Å². The van der Waals surface area contributed by atoms with Crippen molar-refractivity contribution in [3.05, 3.63) is 0 Å². The summed E-state index contributed by atoms with van der Waals surface area (Å²) >= 11 is 0. The van der Waals surface area contributed by atoms with Crippen molar-refractivity contribution in [2.75, 3.05) is 39.8 Å². The predicted octanol–water partition coefficient (Wildman–Crippen LogP) is 0.662. The molecule has 1 N–H and O–H groups in total. The normalized spacial score (nSPS) is 25.2. The molecule has 0 spiro atoms. The second-order valence-corrected chi connectivity index (χ2v) is 7.48. The Bertz CT molecular complexity index is 375. The highest BCUT2D eigenvalue weighted by Crippen LogP contribution is 2.18. The zero-order valence-corrected chi connectivity index (χ0v) is 13.9. The van der Waals surface area contributed by atoms with Gasteiger partial charge in [-0.05, 0) is 39.8 Å². The summed E-state index contributed by atoms with van der Waals surface area (Å²) in [5, 5.41) is 3.28. The van der Waals surface area contributed by atoms with Crippen molar-refractivity contribution in [3.63, 3.8) is 0 Å². The number of nitrogens with zero attached hydrogens (tertiary/aromatic N) is 2. The average molecular weight is 307 g/mol. The highest BCUT2D eigenvalue weighted by Gasteiger charge is 2.35. The van der Waals surface area contributed by atoms with E-state index in [1.54, 1.807) is 11.4 Å². The summed E-state index contributed by atoms with van der Waals surface area (Å²) < 4.78 is 33.6. The minimum absolute atomic E-state index is 0.0411. The lowest BCUT2D eigenvalue weighted by molar-refractivity contribution is -0.0188. The molecular weight excluding hydrogens is 278 g/mol. The van der Waals surface area contributed by atoms with Gasteiger partial charge in [0.25, 0.3) is 10.2 Å². The van der Waals surface area contributed by atoms with Crippen LogP contribution >= 0.6 is 0 Å². The molecule has 0 aromatic rings. The molecular formula is C13H29N3O3S. The standard InChI is InChI=1S/C13H29N3O3S/c1-5-7-14-8-6-9-15(4)20(17,18)16-10-13(3)19-11-12(16)2/h12-14H,5-11H2,1-4H3. The van der Waals surface area contributed by atoms with Gasteiger partial charge in [-0.15, -0.1) is 0 Å². The van der Waals surface area contributed by atoms with Gasteiger partial charge in [0, 0.05) is 26.2 Å². The van der Waals surface area contributed by atoms with Crippen molar-refractivity contribution in [2.45, 2.75) is 45.8 Å². The number of nitrogens with one attached hydrogen (secondary N) is 1. The zero-order valence-electron chi connectivity index (χ0n) is 13.1. The topological polar surface area (TPSA) is 61.9 Å². The van der Waals surface area contributed by atoms with Gasteiger partial charge >= 0.3 is 0 Å². The van der Waals surface area contributed by atoms with E-state index in [2.05, 4.69) is 12.2 Å². The number of rotatable bonds is 8. The molecule has 1 aliphatic rings. The minimum atomic E-state index is -3.38. The first-order chi connectivity index (χ1) is 9.39. The quantitative estimate of drug-likeness (QED) is 0.669. The third-order valence-corrected chi connectivity index (χ3v) is 5.57. The maximum absolute atomic E-state index is 12.5. The minimum Gasteiger partial charge on any atom is -0.375 e. The van der Waals surface area contributed by atoms with Crippen molar-refractivity contribution in [1.29, 1.82) is 0 Å².